The molecule has 0 aliphatic carbocycles. The van der Waals surface area contributed by atoms with Crippen molar-refractivity contribution in [2.75, 3.05) is 6.61 Å². The maximum absolute atomic E-state index is 12.6. The molecule has 0 fully saturated rings. The van der Waals surface area contributed by atoms with Crippen molar-refractivity contribution in [3.05, 3.63) is 29.6 Å². The fourth-order valence-corrected chi connectivity index (χ4v) is 0.885. The van der Waals surface area contributed by atoms with Crippen molar-refractivity contribution in [2.24, 2.45) is 0 Å². The van der Waals surface area contributed by atoms with E-state index in [1.54, 1.807) is 6.07 Å². The molecule has 0 spiro atoms. The Morgan fingerprint density at radius 2 is 1.92 bits per heavy atom. The normalized spacial score (nSPS) is 8.69. The Bertz CT molecular complexity index is 246. The van der Waals surface area contributed by atoms with Crippen LogP contribution < -0.4 is 4.74 Å². The Morgan fingerprint density at radius 1 is 1.31 bits per heavy atom. The number of aryl methyl sites for hydroxylation is 1. The summed E-state index contributed by atoms with van der Waals surface area (Å²) in [5, 5.41) is 0. The summed E-state index contributed by atoms with van der Waals surface area (Å²) in [6.45, 7) is 8.35. The first-order valence-corrected chi connectivity index (χ1v) is 4.63. The lowest BCUT2D eigenvalue weighted by atomic mass is 10.2. The van der Waals surface area contributed by atoms with E-state index in [-0.39, 0.29) is 5.82 Å². The van der Waals surface area contributed by atoms with Crippen molar-refractivity contribution in [1.82, 2.24) is 0 Å². The van der Waals surface area contributed by atoms with Gasteiger partial charge in [0.1, 0.15) is 11.6 Å². The molecule has 1 aromatic carbocycles. The number of hydrogen-bond acceptors (Lipinski definition) is 1. The Kier molecular flexibility index (Phi) is 5.94. The van der Waals surface area contributed by atoms with Crippen molar-refractivity contribution >= 4 is 0 Å². The minimum Gasteiger partial charge on any atom is -0.494 e. The van der Waals surface area contributed by atoms with E-state index in [1.807, 2.05) is 27.7 Å². The highest BCUT2D eigenvalue weighted by Gasteiger charge is 1.98. The number of benzene rings is 1. The highest BCUT2D eigenvalue weighted by Crippen LogP contribution is 2.18. The summed E-state index contributed by atoms with van der Waals surface area (Å²) in [5.41, 5.74) is 0.966. The molecule has 0 saturated heterocycles. The zero-order valence-electron chi connectivity index (χ0n) is 8.73. The first-order valence-electron chi connectivity index (χ1n) is 4.63. The first-order chi connectivity index (χ1) is 6.24. The summed E-state index contributed by atoms with van der Waals surface area (Å²) < 4.78 is 17.8. The third kappa shape index (κ3) is 3.92. The van der Waals surface area contributed by atoms with Crippen LogP contribution in [0.2, 0.25) is 0 Å². The number of hydrogen-bond donors (Lipinski definition) is 0. The van der Waals surface area contributed by atoms with Crippen LogP contribution in [0.1, 0.15) is 26.3 Å². The third-order valence-electron chi connectivity index (χ3n) is 1.45. The quantitative estimate of drug-likeness (QED) is 0.682. The minimum absolute atomic E-state index is 0.251. The Hall–Kier alpha value is -1.05. The van der Waals surface area contributed by atoms with Crippen LogP contribution in [0.3, 0.4) is 0 Å². The van der Waals surface area contributed by atoms with E-state index in [2.05, 4.69) is 0 Å². The average Bonchev–Trinajstić information content (AvgIpc) is 2.15. The van der Waals surface area contributed by atoms with Gasteiger partial charge >= 0.3 is 0 Å². The molecule has 0 N–H and O–H groups in total. The van der Waals surface area contributed by atoms with E-state index in [9.17, 15) is 4.39 Å². The summed E-state index contributed by atoms with van der Waals surface area (Å²) in [6.07, 6.45) is 0. The van der Waals surface area contributed by atoms with Gasteiger partial charge in [-0.05, 0) is 25.5 Å². The Labute approximate surface area is 79.5 Å². The van der Waals surface area contributed by atoms with Crippen LogP contribution in [0, 0.1) is 12.7 Å². The van der Waals surface area contributed by atoms with Crippen LogP contribution in [-0.2, 0) is 0 Å². The number of ether oxygens (including phenoxy) is 1. The van der Waals surface area contributed by atoms with Crippen LogP contribution in [0.5, 0.6) is 5.75 Å². The molecule has 0 atom stereocenters. The second-order valence-electron chi connectivity index (χ2n) is 2.34. The topological polar surface area (TPSA) is 9.23 Å². The molecule has 13 heavy (non-hydrogen) atoms. The molecule has 1 rings (SSSR count). The van der Waals surface area contributed by atoms with Gasteiger partial charge < -0.3 is 4.74 Å². The van der Waals surface area contributed by atoms with E-state index >= 15 is 0 Å². The second-order valence-corrected chi connectivity index (χ2v) is 2.34. The van der Waals surface area contributed by atoms with Crippen LogP contribution >= 0.6 is 0 Å². The molecular weight excluding hydrogens is 167 g/mol. The number of halogens is 1. The molecule has 1 nitrogen and oxygen atoms in total. The van der Waals surface area contributed by atoms with Gasteiger partial charge in [0.2, 0.25) is 0 Å². The van der Waals surface area contributed by atoms with E-state index in [4.69, 9.17) is 4.74 Å². The van der Waals surface area contributed by atoms with Crippen LogP contribution in [-0.4, -0.2) is 6.61 Å². The van der Waals surface area contributed by atoms with E-state index in [1.165, 1.54) is 12.1 Å². The first kappa shape index (κ1) is 11.9. The molecule has 2 heteroatoms. The molecule has 74 valence electrons. The average molecular weight is 184 g/mol. The monoisotopic (exact) mass is 184 g/mol. The highest BCUT2D eigenvalue weighted by molar-refractivity contribution is 5.32. The van der Waals surface area contributed by atoms with Crippen molar-refractivity contribution in [1.29, 1.82) is 0 Å². The molecule has 0 heterocycles. The zero-order chi connectivity index (χ0) is 10.3. The zero-order valence-corrected chi connectivity index (χ0v) is 8.73. The van der Waals surface area contributed by atoms with Crippen molar-refractivity contribution < 1.29 is 9.13 Å². The van der Waals surface area contributed by atoms with Crippen molar-refractivity contribution in [3.63, 3.8) is 0 Å². The predicted molar refractivity (Wildman–Crippen MR) is 53.7 cm³/mol. The van der Waals surface area contributed by atoms with Gasteiger partial charge in [-0.25, -0.2) is 4.39 Å². The maximum Gasteiger partial charge on any atom is 0.126 e. The van der Waals surface area contributed by atoms with Crippen molar-refractivity contribution in [3.8, 4) is 5.75 Å². The van der Waals surface area contributed by atoms with Crippen LogP contribution in [0.4, 0.5) is 4.39 Å². The van der Waals surface area contributed by atoms with E-state index in [0.717, 1.165) is 5.56 Å². The van der Waals surface area contributed by atoms with Gasteiger partial charge in [0.15, 0.2) is 0 Å². The molecule has 0 aliphatic heterocycles. The largest absolute Gasteiger partial charge is 0.494 e. The maximum atomic E-state index is 12.6. The van der Waals surface area contributed by atoms with Crippen molar-refractivity contribution in [2.45, 2.75) is 27.7 Å². The van der Waals surface area contributed by atoms with Gasteiger partial charge in [-0.1, -0.05) is 19.9 Å². The molecule has 0 bridgehead atoms. The molecule has 0 unspecified atom stereocenters. The lowest BCUT2D eigenvalue weighted by Gasteiger charge is -2.05. The summed E-state index contributed by atoms with van der Waals surface area (Å²) in [7, 11) is 0. The second kappa shape index (κ2) is 6.46. The molecule has 0 saturated carbocycles. The Balaban J connectivity index is 0.000000671. The molecule has 0 aromatic heterocycles. The van der Waals surface area contributed by atoms with Gasteiger partial charge in [-0.2, -0.15) is 0 Å². The van der Waals surface area contributed by atoms with Gasteiger partial charge in [0, 0.05) is 6.07 Å². The molecule has 0 radical (unpaired) electrons. The van der Waals surface area contributed by atoms with E-state index < -0.39 is 0 Å². The van der Waals surface area contributed by atoms with Crippen LogP contribution in [0.25, 0.3) is 0 Å². The minimum atomic E-state index is -0.251. The standard InChI is InChI=1S/C9H11FO.C2H6/c1-3-11-9-6-8(10)5-4-7(9)2;1-2/h4-6H,3H2,1-2H3;1-2H3. The summed E-state index contributed by atoms with van der Waals surface area (Å²) in [6, 6.07) is 4.54. The third-order valence-corrected chi connectivity index (χ3v) is 1.45. The summed E-state index contributed by atoms with van der Waals surface area (Å²) >= 11 is 0. The van der Waals surface area contributed by atoms with Crippen LogP contribution in [0.15, 0.2) is 18.2 Å². The van der Waals surface area contributed by atoms with Gasteiger partial charge in [0.25, 0.3) is 0 Å². The molecule has 0 amide bonds. The SMILES string of the molecule is CC.CCOc1cc(F)ccc1C. The molecule has 0 aliphatic rings. The lowest BCUT2D eigenvalue weighted by Crippen LogP contribution is -1.94. The summed E-state index contributed by atoms with van der Waals surface area (Å²) in [5.74, 6) is 0.381. The lowest BCUT2D eigenvalue weighted by molar-refractivity contribution is 0.336. The van der Waals surface area contributed by atoms with Gasteiger partial charge in [-0.3, -0.25) is 0 Å². The fraction of sp³-hybridized carbons (Fsp3) is 0.455. The smallest absolute Gasteiger partial charge is 0.126 e. The predicted octanol–water partition coefficient (Wildman–Crippen LogP) is 3.56. The van der Waals surface area contributed by atoms with Gasteiger partial charge in [0.05, 0.1) is 6.61 Å². The summed E-state index contributed by atoms with van der Waals surface area (Å²) in [4.78, 5) is 0. The highest BCUT2D eigenvalue weighted by atomic mass is 19.1. The van der Waals surface area contributed by atoms with Gasteiger partial charge in [-0.15, -0.1) is 0 Å². The van der Waals surface area contributed by atoms with E-state index in [0.29, 0.717) is 12.4 Å². The fourth-order valence-electron chi connectivity index (χ4n) is 0.885. The Morgan fingerprint density at radius 3 is 2.46 bits per heavy atom. The number of rotatable bonds is 2. The molecular formula is C11H17FO. The molecule has 1 aromatic rings.